The van der Waals surface area contributed by atoms with Crippen LogP contribution in [0.1, 0.15) is 187 Å². The Morgan fingerprint density at radius 2 is 1.33 bits per heavy atom. The van der Waals surface area contributed by atoms with Gasteiger partial charge in [0, 0.05) is 24.8 Å². The molecule has 1 aromatic rings. The highest BCUT2D eigenvalue weighted by Crippen LogP contribution is 2.32. The number of esters is 1. The zero-order chi connectivity index (χ0) is 63.1. The fourth-order valence-electron chi connectivity index (χ4n) is 11.0. The molecule has 0 bridgehead atoms. The number of nitrogens with one attached hydrogen (secondary N) is 2. The number of ether oxygens (including phenoxy) is 3. The number of aliphatic hydroxyl groups excluding tert-OH is 13. The second-order valence-corrected chi connectivity index (χ2v) is 23.9. The third-order valence-electron chi connectivity index (χ3n) is 16.3. The van der Waals surface area contributed by atoms with Crippen LogP contribution in [0.4, 0.5) is 0 Å². The number of unbranched alkanes of at least 4 members (excludes halogenated alkanes) is 1. The fourth-order valence-corrected chi connectivity index (χ4v) is 11.0. The molecule has 20 atom stereocenters. The number of carboxylic acids is 1. The zero-order valence-corrected chi connectivity index (χ0v) is 50.7. The largest absolute Gasteiger partial charge is 0.478 e. The van der Waals surface area contributed by atoms with Gasteiger partial charge < -0.3 is 96.8 Å². The summed E-state index contributed by atoms with van der Waals surface area (Å²) in [4.78, 5) is 24.4. The van der Waals surface area contributed by atoms with Gasteiger partial charge in [0.15, 0.2) is 12.2 Å². The Morgan fingerprint density at radius 3 is 1.90 bits per heavy atom. The number of hydrogen-bond acceptors (Lipinski definition) is 19. The fraction of sp³-hybridized carbons (Fsp3) is 0.790. The molecule has 84 heavy (non-hydrogen) atoms. The van der Waals surface area contributed by atoms with E-state index >= 15 is 0 Å². The molecule has 18 N–H and O–H groups in total. The molecule has 486 valence electrons. The molecule has 2 aliphatic rings. The molecule has 0 radical (unpaired) electrons. The molecule has 0 spiro atoms. The molecular formula is C62H109N3O19. The maximum absolute atomic E-state index is 14.2. The monoisotopic (exact) mass is 1200 g/mol. The van der Waals surface area contributed by atoms with Crippen molar-refractivity contribution in [1.82, 2.24) is 5.32 Å². The van der Waals surface area contributed by atoms with Gasteiger partial charge in [-0.3, -0.25) is 10.2 Å². The smallest absolute Gasteiger partial charge is 0.335 e. The highest BCUT2D eigenvalue weighted by molar-refractivity contribution is 5.87. The van der Waals surface area contributed by atoms with Gasteiger partial charge >= 0.3 is 11.9 Å². The molecule has 1 saturated heterocycles. The van der Waals surface area contributed by atoms with Crippen LogP contribution in [0.3, 0.4) is 0 Å². The summed E-state index contributed by atoms with van der Waals surface area (Å²) in [6, 6.07) is 8.30. The van der Waals surface area contributed by atoms with E-state index in [0.717, 1.165) is 12.0 Å². The minimum absolute atomic E-state index is 0.0277. The van der Waals surface area contributed by atoms with Crippen LogP contribution in [-0.4, -0.2) is 200 Å². The zero-order valence-electron chi connectivity index (χ0n) is 50.7. The maximum atomic E-state index is 14.2. The van der Waals surface area contributed by atoms with E-state index in [1.165, 1.54) is 6.08 Å². The number of aliphatic hydroxyl groups is 13. The number of carbonyl (C=O) groups excluding carboxylic acids is 1. The van der Waals surface area contributed by atoms with E-state index < -0.39 is 128 Å². The lowest BCUT2D eigenvalue weighted by atomic mass is 9.84. The van der Waals surface area contributed by atoms with Gasteiger partial charge in [-0.15, -0.1) is 0 Å². The van der Waals surface area contributed by atoms with Gasteiger partial charge in [-0.2, -0.15) is 0 Å². The van der Waals surface area contributed by atoms with Gasteiger partial charge in [0.1, 0.15) is 30.5 Å². The SMILES string of the molecule is CCCCC1C(=O)OC(C(C)C(O)CCCNC(=N)N)C(C)/C=C(\C)CCCCC(O)CC(O)CC(O)CC(O)CC(O)C(O[C@H]2O[C@H](CO)[C@@H](O)[C@@H]2O)/C=C(\C)C(O)CCCC(O)CCCC(O)CCC(C)C1O.O=C(O)c1ccccc1. The highest BCUT2D eigenvalue weighted by atomic mass is 16.7. The number of aromatic carboxylic acids is 1. The van der Waals surface area contributed by atoms with Gasteiger partial charge in [-0.05, 0) is 147 Å². The minimum atomic E-state index is -1.59. The summed E-state index contributed by atoms with van der Waals surface area (Å²) in [7, 11) is 0. The summed E-state index contributed by atoms with van der Waals surface area (Å²) in [6.07, 6.45) is -7.44. The molecule has 3 rings (SSSR count). The second-order valence-electron chi connectivity index (χ2n) is 23.9. The molecule has 0 aliphatic carbocycles. The predicted octanol–water partition coefficient (Wildman–Crippen LogP) is 3.84. The van der Waals surface area contributed by atoms with E-state index in [1.54, 1.807) is 37.3 Å². The maximum Gasteiger partial charge on any atom is 0.335 e. The van der Waals surface area contributed by atoms with Gasteiger partial charge in [0.05, 0.1) is 79.1 Å². The first-order valence-electron chi connectivity index (χ1n) is 30.7. The number of cyclic esters (lactones) is 1. The molecule has 22 nitrogen and oxygen atoms in total. The van der Waals surface area contributed by atoms with Crippen molar-refractivity contribution >= 4 is 17.9 Å². The normalized spacial score (nSPS) is 35.5. The van der Waals surface area contributed by atoms with Crippen molar-refractivity contribution in [1.29, 1.82) is 5.41 Å². The Kier molecular flexibility index (Phi) is 37.7. The molecule has 0 amide bonds. The van der Waals surface area contributed by atoms with Gasteiger partial charge in [-0.1, -0.05) is 82.9 Å². The number of rotatable bonds is 13. The van der Waals surface area contributed by atoms with Crippen molar-refractivity contribution in [3.05, 3.63) is 59.2 Å². The van der Waals surface area contributed by atoms with E-state index in [-0.39, 0.29) is 49.9 Å². The molecule has 0 saturated carbocycles. The minimum Gasteiger partial charge on any atom is -0.478 e. The number of benzene rings is 1. The van der Waals surface area contributed by atoms with E-state index in [9.17, 15) is 76.0 Å². The van der Waals surface area contributed by atoms with Crippen LogP contribution in [0, 0.1) is 29.1 Å². The summed E-state index contributed by atoms with van der Waals surface area (Å²) in [5.74, 6) is -3.66. The first-order valence-corrected chi connectivity index (χ1v) is 30.7. The van der Waals surface area contributed by atoms with E-state index in [1.807, 2.05) is 40.7 Å². The average molecular weight is 1200 g/mol. The van der Waals surface area contributed by atoms with Gasteiger partial charge in [0.25, 0.3) is 0 Å². The topological polar surface area (TPSA) is 407 Å². The number of nitrogens with two attached hydrogens (primary N) is 1. The number of hydrogen-bond donors (Lipinski definition) is 17. The molecular weight excluding hydrogens is 1090 g/mol. The van der Waals surface area contributed by atoms with Gasteiger partial charge in [0.2, 0.25) is 0 Å². The number of allylic oxidation sites excluding steroid dienone is 1. The standard InChI is InChI=1S/C55H103N3O17.C7H6O2/c1-7-8-19-43-49(69)33(3)22-23-38(61)17-11-16-37(60)18-12-20-44(66)34(4)26-47(73-54-51(71)50(70)48(31-59)74-54)46(68)30-42(65)29-41(64)28-40(63)27-39(62)15-10-9-14-32(2)25-35(5)52(75-53(43)72)36(6)45(67)21-13-24-58-55(56)57;8-7(9)6-4-2-1-3-5-6/h25-26,33,35-52,54,59-71H,7-24,27-31H2,1-6H3,(H4,56,57,58);1-5H,(H,8,9)/b32-25+,34-26+;/t33?,35?,36?,37?,38?,39?,40?,41?,42?,43?,44?,45?,46?,47?,48-,49?,50-,51+,52?,54+;/m1./s1. The molecule has 22 heteroatoms. The van der Waals surface area contributed by atoms with Crippen LogP contribution in [0.15, 0.2) is 53.6 Å². The molecule has 2 heterocycles. The van der Waals surface area contributed by atoms with Crippen molar-refractivity contribution in [2.45, 2.75) is 274 Å². The van der Waals surface area contributed by atoms with Crippen molar-refractivity contribution in [3.63, 3.8) is 0 Å². The third kappa shape index (κ3) is 29.8. The van der Waals surface area contributed by atoms with Crippen molar-refractivity contribution in [2.24, 2.45) is 29.4 Å². The Balaban J connectivity index is 0.00000243. The lowest BCUT2D eigenvalue weighted by molar-refractivity contribution is -0.202. The molecule has 1 aromatic carbocycles. The summed E-state index contributed by atoms with van der Waals surface area (Å²) in [5, 5.41) is 160. The second kappa shape index (κ2) is 41.5. The Hall–Kier alpha value is -3.69. The summed E-state index contributed by atoms with van der Waals surface area (Å²) in [5.41, 5.74) is 7.13. The lowest BCUT2D eigenvalue weighted by Gasteiger charge is -2.34. The third-order valence-corrected chi connectivity index (χ3v) is 16.3. The first-order chi connectivity index (χ1) is 39.7. The van der Waals surface area contributed by atoms with Crippen molar-refractivity contribution < 1.29 is 95.3 Å². The van der Waals surface area contributed by atoms with Crippen LogP contribution < -0.4 is 11.1 Å². The summed E-state index contributed by atoms with van der Waals surface area (Å²) >= 11 is 0. The molecule has 0 aromatic heterocycles. The van der Waals surface area contributed by atoms with Crippen LogP contribution in [0.2, 0.25) is 0 Å². The Bertz CT molecular complexity index is 2020. The van der Waals surface area contributed by atoms with Crippen LogP contribution in [0.5, 0.6) is 0 Å². The van der Waals surface area contributed by atoms with E-state index in [0.29, 0.717) is 114 Å². The predicted molar refractivity (Wildman–Crippen MR) is 317 cm³/mol. The Labute approximate surface area is 498 Å². The van der Waals surface area contributed by atoms with Crippen LogP contribution in [-0.2, 0) is 19.0 Å². The summed E-state index contributed by atoms with van der Waals surface area (Å²) < 4.78 is 17.7. The van der Waals surface area contributed by atoms with Crippen LogP contribution in [0.25, 0.3) is 0 Å². The first kappa shape index (κ1) is 76.4. The van der Waals surface area contributed by atoms with E-state index in [2.05, 4.69) is 5.32 Å². The molecule has 1 fully saturated rings. The van der Waals surface area contributed by atoms with Crippen LogP contribution >= 0.6 is 0 Å². The number of carbonyl (C=O) groups is 2. The number of carboxylic acid groups (broad SMARTS) is 1. The quantitative estimate of drug-likeness (QED) is 0.0438. The van der Waals surface area contributed by atoms with Crippen molar-refractivity contribution in [2.75, 3.05) is 13.2 Å². The number of guanidine groups is 1. The Morgan fingerprint density at radius 1 is 0.750 bits per heavy atom. The molecule has 2 aliphatic heterocycles. The van der Waals surface area contributed by atoms with Crippen molar-refractivity contribution in [3.8, 4) is 0 Å². The van der Waals surface area contributed by atoms with Gasteiger partial charge in [-0.25, -0.2) is 4.79 Å². The average Bonchev–Trinajstić information content (AvgIpc) is 3.98. The summed E-state index contributed by atoms with van der Waals surface area (Å²) in [6.45, 7) is 10.9. The van der Waals surface area contributed by atoms with E-state index in [4.69, 9.17) is 30.5 Å². The molecule has 16 unspecified atom stereocenters. The lowest BCUT2D eigenvalue weighted by Crippen LogP contribution is -2.42. The highest BCUT2D eigenvalue weighted by Gasteiger charge is 2.45.